The Morgan fingerprint density at radius 2 is 0.915 bits per heavy atom. The zero-order valence-corrected chi connectivity index (χ0v) is 33.2. The normalized spacial score (nSPS) is 15.5. The van der Waals surface area contributed by atoms with Gasteiger partial charge in [-0.15, -0.1) is 0 Å². The van der Waals surface area contributed by atoms with Crippen molar-refractivity contribution in [3.63, 3.8) is 0 Å². The van der Waals surface area contributed by atoms with Crippen LogP contribution in [0.3, 0.4) is 0 Å². The molecular weight excluding hydrogens is 731 g/mol. The summed E-state index contributed by atoms with van der Waals surface area (Å²) in [7, 11) is -2.93. The Morgan fingerprint density at radius 1 is 0.356 bits per heavy atom. The number of hydrogen-bond acceptors (Lipinski definition) is 1. The monoisotopic (exact) mass is 767 g/mol. The zero-order valence-electron chi connectivity index (χ0n) is 32.2. The van der Waals surface area contributed by atoms with E-state index in [1.165, 1.54) is 81.6 Å². The maximum absolute atomic E-state index is 6.40. The highest BCUT2D eigenvalue weighted by molar-refractivity contribution is 7.20. The van der Waals surface area contributed by atoms with Gasteiger partial charge >= 0.3 is 0 Å². The molecule has 276 valence electrons. The van der Waals surface area contributed by atoms with Gasteiger partial charge in [0.2, 0.25) is 0 Å². The van der Waals surface area contributed by atoms with E-state index in [1.54, 1.807) is 0 Å². The first-order valence-corrected chi connectivity index (χ1v) is 22.7. The molecular formula is C56H37NOSi. The van der Waals surface area contributed by atoms with Crippen molar-refractivity contribution in [2.45, 2.75) is 11.8 Å². The van der Waals surface area contributed by atoms with Crippen LogP contribution < -0.4 is 20.7 Å². The van der Waals surface area contributed by atoms with Crippen molar-refractivity contribution in [1.29, 1.82) is 0 Å². The van der Waals surface area contributed by atoms with Crippen LogP contribution in [0.25, 0.3) is 49.4 Å². The van der Waals surface area contributed by atoms with Crippen LogP contribution in [0.4, 0.5) is 0 Å². The number of furan rings is 1. The molecule has 9 aromatic carbocycles. The molecule has 0 amide bonds. The molecule has 59 heavy (non-hydrogen) atoms. The molecule has 2 nitrogen and oxygen atoms in total. The molecule has 3 heteroatoms. The van der Waals surface area contributed by atoms with Gasteiger partial charge < -0.3 is 8.98 Å². The number of fused-ring (bicyclic) bond motifs is 6. The van der Waals surface area contributed by atoms with E-state index in [4.69, 9.17) is 4.42 Å². The molecule has 3 aliphatic rings. The summed E-state index contributed by atoms with van der Waals surface area (Å²) in [5.41, 5.74) is 14.2. The predicted octanol–water partition coefficient (Wildman–Crippen LogP) is 11.0. The standard InChI is InChI=1S/C56H37NOSi/c1-3-17-37(18-4-1)59(38-19-5-2-6-20-38,40-30-33-52-48(35-40)41-22-12-14-29-51(41)58-52)39-21-15-16-36(34-39)57-49-28-13-11-27-46(49)55-50(57)32-31-47-53-42-23-7-9-25-44(42)54(56(47)55)45-26-10-8-24-43(45)53/h1-35,53-54H. The van der Waals surface area contributed by atoms with Crippen LogP contribution in [0.5, 0.6) is 0 Å². The first kappa shape index (κ1) is 32.8. The maximum atomic E-state index is 6.40. The van der Waals surface area contributed by atoms with Gasteiger partial charge in [-0.25, -0.2) is 0 Å². The van der Waals surface area contributed by atoms with Crippen LogP contribution in [-0.4, -0.2) is 12.6 Å². The Labute approximate surface area is 343 Å². The summed E-state index contributed by atoms with van der Waals surface area (Å²) in [5, 5.41) is 10.3. The van der Waals surface area contributed by atoms with Gasteiger partial charge in [0.05, 0.1) is 11.0 Å². The number of rotatable bonds is 5. The van der Waals surface area contributed by atoms with E-state index in [9.17, 15) is 0 Å². The number of aromatic nitrogens is 1. The molecule has 0 unspecified atom stereocenters. The predicted molar refractivity (Wildman–Crippen MR) is 246 cm³/mol. The van der Waals surface area contributed by atoms with Gasteiger partial charge in [-0.1, -0.05) is 176 Å². The van der Waals surface area contributed by atoms with Gasteiger partial charge in [-0.2, -0.15) is 0 Å². The van der Waals surface area contributed by atoms with E-state index in [1.807, 2.05) is 0 Å². The largest absolute Gasteiger partial charge is 0.456 e. The average Bonchev–Trinajstić information content (AvgIpc) is 3.86. The molecule has 0 aliphatic heterocycles. The molecule has 11 aromatic rings. The Bertz CT molecular complexity index is 3380. The smallest absolute Gasteiger partial charge is 0.179 e. The van der Waals surface area contributed by atoms with Crippen LogP contribution in [-0.2, 0) is 0 Å². The molecule has 2 bridgehead atoms. The summed E-state index contributed by atoms with van der Waals surface area (Å²) in [6.07, 6.45) is 0. The highest BCUT2D eigenvalue weighted by Gasteiger charge is 2.44. The summed E-state index contributed by atoms with van der Waals surface area (Å²) >= 11 is 0. The highest BCUT2D eigenvalue weighted by Crippen LogP contribution is 2.58. The van der Waals surface area contributed by atoms with Crippen molar-refractivity contribution >= 4 is 72.6 Å². The minimum atomic E-state index is -2.93. The lowest BCUT2D eigenvalue weighted by Gasteiger charge is -2.42. The Hall–Kier alpha value is -7.20. The van der Waals surface area contributed by atoms with E-state index < -0.39 is 8.07 Å². The molecule has 0 saturated carbocycles. The fourth-order valence-corrected chi connectivity index (χ4v) is 16.0. The Kier molecular flexibility index (Phi) is 6.90. The zero-order chi connectivity index (χ0) is 38.7. The lowest BCUT2D eigenvalue weighted by molar-refractivity contribution is 0.669. The quantitative estimate of drug-likeness (QED) is 0.126. The van der Waals surface area contributed by atoms with Gasteiger partial charge in [-0.05, 0) is 90.5 Å². The van der Waals surface area contributed by atoms with Gasteiger partial charge in [0.1, 0.15) is 11.2 Å². The topological polar surface area (TPSA) is 18.1 Å². The molecule has 2 aromatic heterocycles. The number of hydrogen-bond donors (Lipinski definition) is 0. The second kappa shape index (κ2) is 12.4. The van der Waals surface area contributed by atoms with Gasteiger partial charge in [0.25, 0.3) is 0 Å². The average molecular weight is 768 g/mol. The lowest BCUT2D eigenvalue weighted by Crippen LogP contribution is -2.74. The molecule has 2 heterocycles. The molecule has 0 atom stereocenters. The maximum Gasteiger partial charge on any atom is 0.179 e. The SMILES string of the molecule is c1ccc([Si](c2ccccc2)(c2cccc(-n3c4ccccc4c4c5c(ccc43)C3c4ccccc4C5c4ccccc43)c2)c2ccc3oc4ccccc4c3c2)cc1. The molecule has 0 fully saturated rings. The summed E-state index contributed by atoms with van der Waals surface area (Å²) < 4.78 is 8.93. The lowest BCUT2D eigenvalue weighted by atomic mass is 9.60. The van der Waals surface area contributed by atoms with Gasteiger partial charge in [0, 0.05) is 39.1 Å². The molecule has 3 aliphatic carbocycles. The number of nitrogens with zero attached hydrogens (tertiary/aromatic N) is 1. The van der Waals surface area contributed by atoms with Crippen LogP contribution in [0.2, 0.25) is 0 Å². The van der Waals surface area contributed by atoms with E-state index in [0.29, 0.717) is 0 Å². The minimum absolute atomic E-state index is 0.182. The van der Waals surface area contributed by atoms with Crippen molar-refractivity contribution in [1.82, 2.24) is 4.57 Å². The van der Waals surface area contributed by atoms with Gasteiger partial charge in [-0.3, -0.25) is 0 Å². The van der Waals surface area contributed by atoms with E-state index in [0.717, 1.165) is 21.9 Å². The van der Waals surface area contributed by atoms with E-state index in [-0.39, 0.29) is 11.8 Å². The van der Waals surface area contributed by atoms with Crippen LogP contribution in [0.1, 0.15) is 45.2 Å². The van der Waals surface area contributed by atoms with Crippen LogP contribution in [0, 0.1) is 0 Å². The van der Waals surface area contributed by atoms with Crippen LogP contribution >= 0.6 is 0 Å². The van der Waals surface area contributed by atoms with E-state index >= 15 is 0 Å². The summed E-state index contributed by atoms with van der Waals surface area (Å²) in [6.45, 7) is 0. The second-order valence-electron chi connectivity index (χ2n) is 16.3. The Morgan fingerprint density at radius 3 is 1.63 bits per heavy atom. The summed E-state index contributed by atoms with van der Waals surface area (Å²) in [4.78, 5) is 0. The molecule has 0 N–H and O–H groups in total. The third-order valence-corrected chi connectivity index (χ3v) is 18.3. The van der Waals surface area contributed by atoms with Crippen LogP contribution in [0.15, 0.2) is 217 Å². The molecule has 0 saturated heterocycles. The van der Waals surface area contributed by atoms with Crippen molar-refractivity contribution in [2.75, 3.05) is 0 Å². The third kappa shape index (κ3) is 4.45. The first-order valence-electron chi connectivity index (χ1n) is 20.7. The number of benzene rings is 9. The van der Waals surface area contributed by atoms with Crippen molar-refractivity contribution in [3.8, 4) is 5.69 Å². The molecule has 14 rings (SSSR count). The third-order valence-electron chi connectivity index (χ3n) is 13.5. The van der Waals surface area contributed by atoms with E-state index in [2.05, 4.69) is 217 Å². The molecule has 0 spiro atoms. The highest BCUT2D eigenvalue weighted by atomic mass is 28.3. The first-order chi connectivity index (χ1) is 29.3. The summed E-state index contributed by atoms with van der Waals surface area (Å²) in [6, 6.07) is 79.6. The van der Waals surface area contributed by atoms with Gasteiger partial charge in [0.15, 0.2) is 8.07 Å². The molecule has 0 radical (unpaired) electrons. The minimum Gasteiger partial charge on any atom is -0.456 e. The Balaban J connectivity index is 1.10. The van der Waals surface area contributed by atoms with Crippen molar-refractivity contribution < 1.29 is 4.42 Å². The fraction of sp³-hybridized carbons (Fsp3) is 0.0357. The van der Waals surface area contributed by atoms with Crippen molar-refractivity contribution in [3.05, 3.63) is 246 Å². The fourth-order valence-electron chi connectivity index (χ4n) is 11.2. The van der Waals surface area contributed by atoms with Crippen molar-refractivity contribution in [2.24, 2.45) is 0 Å². The second-order valence-corrected chi connectivity index (χ2v) is 20.1. The summed E-state index contributed by atoms with van der Waals surface area (Å²) in [5.74, 6) is 0.409. The number of para-hydroxylation sites is 2.